The third kappa shape index (κ3) is 4.73. The number of methoxy groups -OCH3 is 3. The maximum absolute atomic E-state index is 11.9. The number of para-hydroxylation sites is 2. The molecule has 0 aliphatic heterocycles. The number of carbonyl (C=O) groups excluding carboxylic acids is 2. The first-order valence-corrected chi connectivity index (χ1v) is 7.58. The minimum atomic E-state index is -0.922. The van der Waals surface area contributed by atoms with E-state index in [2.05, 4.69) is 15.8 Å². The summed E-state index contributed by atoms with van der Waals surface area (Å²) in [6.07, 6.45) is 1.36. The highest BCUT2D eigenvalue weighted by Gasteiger charge is 2.15. The number of rotatable bonds is 6. The van der Waals surface area contributed by atoms with Crippen LogP contribution in [0.4, 0.5) is 5.69 Å². The zero-order valence-electron chi connectivity index (χ0n) is 14.6. The molecule has 0 bridgehead atoms. The number of nitrogens with one attached hydrogen (secondary N) is 2. The Hall–Kier alpha value is -3.55. The maximum Gasteiger partial charge on any atom is 0.329 e. The zero-order chi connectivity index (χ0) is 18.9. The topological polar surface area (TPSA) is 98.3 Å². The van der Waals surface area contributed by atoms with Crippen LogP contribution in [-0.4, -0.2) is 39.4 Å². The molecule has 0 aromatic heterocycles. The van der Waals surface area contributed by atoms with E-state index in [0.29, 0.717) is 28.5 Å². The van der Waals surface area contributed by atoms with Crippen LogP contribution in [0.5, 0.6) is 17.2 Å². The van der Waals surface area contributed by atoms with Gasteiger partial charge in [-0.1, -0.05) is 12.1 Å². The van der Waals surface area contributed by atoms with Crippen LogP contribution in [0.25, 0.3) is 0 Å². The van der Waals surface area contributed by atoms with Crippen molar-refractivity contribution in [2.45, 2.75) is 0 Å². The van der Waals surface area contributed by atoms with E-state index >= 15 is 0 Å². The van der Waals surface area contributed by atoms with Gasteiger partial charge in [0.15, 0.2) is 0 Å². The van der Waals surface area contributed by atoms with E-state index in [4.69, 9.17) is 14.2 Å². The van der Waals surface area contributed by atoms with Crippen molar-refractivity contribution in [3.8, 4) is 17.2 Å². The van der Waals surface area contributed by atoms with Gasteiger partial charge in [-0.05, 0) is 30.3 Å². The summed E-state index contributed by atoms with van der Waals surface area (Å²) in [5.74, 6) is -0.202. The third-order valence-electron chi connectivity index (χ3n) is 3.37. The fourth-order valence-corrected chi connectivity index (χ4v) is 2.08. The lowest BCUT2D eigenvalue weighted by Gasteiger charge is -2.09. The second-order valence-corrected chi connectivity index (χ2v) is 4.96. The molecular formula is C18H19N3O5. The molecule has 0 spiro atoms. The van der Waals surface area contributed by atoms with Gasteiger partial charge in [0.05, 0.1) is 33.2 Å². The minimum absolute atomic E-state index is 0.383. The van der Waals surface area contributed by atoms with Crippen LogP contribution in [0.2, 0.25) is 0 Å². The van der Waals surface area contributed by atoms with E-state index in [1.54, 1.807) is 42.5 Å². The van der Waals surface area contributed by atoms with Crippen molar-refractivity contribution in [2.24, 2.45) is 5.10 Å². The van der Waals surface area contributed by atoms with Crippen LogP contribution in [0.15, 0.2) is 47.6 Å². The van der Waals surface area contributed by atoms with Gasteiger partial charge in [-0.2, -0.15) is 5.10 Å². The fourth-order valence-electron chi connectivity index (χ4n) is 2.08. The zero-order valence-corrected chi connectivity index (χ0v) is 14.6. The van der Waals surface area contributed by atoms with Crippen molar-refractivity contribution in [3.63, 3.8) is 0 Å². The van der Waals surface area contributed by atoms with Gasteiger partial charge in [-0.3, -0.25) is 9.59 Å². The van der Waals surface area contributed by atoms with Gasteiger partial charge in [0.25, 0.3) is 0 Å². The number of amides is 2. The fraction of sp³-hybridized carbons (Fsp3) is 0.167. The SMILES string of the molecule is COc1ccc(OC)c(/C=N/NC(=O)C(=O)Nc2ccccc2OC)c1. The van der Waals surface area contributed by atoms with Gasteiger partial charge in [0.1, 0.15) is 17.2 Å². The van der Waals surface area contributed by atoms with E-state index in [-0.39, 0.29) is 0 Å². The summed E-state index contributed by atoms with van der Waals surface area (Å²) in [4.78, 5) is 23.8. The molecule has 8 heteroatoms. The Morgan fingerprint density at radius 1 is 0.923 bits per heavy atom. The van der Waals surface area contributed by atoms with Crippen molar-refractivity contribution in [2.75, 3.05) is 26.6 Å². The Balaban J connectivity index is 2.01. The number of hydrazone groups is 1. The van der Waals surface area contributed by atoms with E-state index < -0.39 is 11.8 Å². The lowest BCUT2D eigenvalue weighted by molar-refractivity contribution is -0.136. The van der Waals surface area contributed by atoms with Gasteiger partial charge >= 0.3 is 11.8 Å². The monoisotopic (exact) mass is 357 g/mol. The molecule has 0 saturated carbocycles. The molecule has 0 unspecified atom stereocenters. The predicted molar refractivity (Wildman–Crippen MR) is 96.9 cm³/mol. The van der Waals surface area contributed by atoms with Crippen LogP contribution >= 0.6 is 0 Å². The molecule has 0 aliphatic carbocycles. The number of nitrogens with zero attached hydrogens (tertiary/aromatic N) is 1. The molecule has 0 radical (unpaired) electrons. The quantitative estimate of drug-likeness (QED) is 0.467. The minimum Gasteiger partial charge on any atom is -0.497 e. The first-order valence-electron chi connectivity index (χ1n) is 7.58. The molecular weight excluding hydrogens is 338 g/mol. The molecule has 2 aromatic carbocycles. The average molecular weight is 357 g/mol. The molecule has 2 amide bonds. The standard InChI is InChI=1S/C18H19N3O5/c1-24-13-8-9-15(25-2)12(10-13)11-19-21-18(23)17(22)20-14-6-4-5-7-16(14)26-3/h4-11H,1-3H3,(H,20,22)(H,21,23)/b19-11+. The first kappa shape index (κ1) is 18.8. The van der Waals surface area contributed by atoms with Crippen molar-refractivity contribution < 1.29 is 23.8 Å². The molecule has 0 atom stereocenters. The summed E-state index contributed by atoms with van der Waals surface area (Å²) in [7, 11) is 4.52. The van der Waals surface area contributed by atoms with E-state index in [0.717, 1.165) is 0 Å². The second kappa shape index (κ2) is 9.07. The largest absolute Gasteiger partial charge is 0.497 e. The Bertz CT molecular complexity index is 820. The van der Waals surface area contributed by atoms with Crippen LogP contribution < -0.4 is 25.0 Å². The van der Waals surface area contributed by atoms with Gasteiger partial charge in [0.2, 0.25) is 0 Å². The number of benzene rings is 2. The lowest BCUT2D eigenvalue weighted by atomic mass is 10.2. The van der Waals surface area contributed by atoms with Gasteiger partial charge < -0.3 is 19.5 Å². The van der Waals surface area contributed by atoms with Gasteiger partial charge in [-0.25, -0.2) is 5.43 Å². The van der Waals surface area contributed by atoms with E-state index in [1.165, 1.54) is 27.5 Å². The van der Waals surface area contributed by atoms with Crippen molar-refractivity contribution in [1.29, 1.82) is 0 Å². The highest BCUT2D eigenvalue weighted by Crippen LogP contribution is 2.23. The summed E-state index contributed by atoms with van der Waals surface area (Å²) >= 11 is 0. The molecule has 0 aliphatic rings. The Kier molecular flexibility index (Phi) is 6.55. The maximum atomic E-state index is 11.9. The number of ether oxygens (including phenoxy) is 3. The van der Waals surface area contributed by atoms with Crippen molar-refractivity contribution in [1.82, 2.24) is 5.43 Å². The molecule has 136 valence electrons. The Morgan fingerprint density at radius 2 is 1.65 bits per heavy atom. The van der Waals surface area contributed by atoms with Gasteiger partial charge in [0, 0.05) is 5.56 Å². The number of anilines is 1. The molecule has 2 rings (SSSR count). The molecule has 8 nitrogen and oxygen atoms in total. The Morgan fingerprint density at radius 3 is 2.35 bits per heavy atom. The van der Waals surface area contributed by atoms with Crippen LogP contribution in [0, 0.1) is 0 Å². The van der Waals surface area contributed by atoms with Crippen molar-refractivity contribution >= 4 is 23.7 Å². The smallest absolute Gasteiger partial charge is 0.329 e. The molecule has 2 aromatic rings. The summed E-state index contributed by atoms with van der Waals surface area (Å²) < 4.78 is 15.4. The Labute approximate surface area is 150 Å². The lowest BCUT2D eigenvalue weighted by Crippen LogP contribution is -2.32. The normalized spacial score (nSPS) is 10.3. The summed E-state index contributed by atoms with van der Waals surface area (Å²) in [6, 6.07) is 11.9. The number of carbonyl (C=O) groups is 2. The third-order valence-corrected chi connectivity index (χ3v) is 3.37. The first-order chi connectivity index (χ1) is 12.6. The molecule has 0 heterocycles. The summed E-state index contributed by atoms with van der Waals surface area (Å²) in [6.45, 7) is 0. The highest BCUT2D eigenvalue weighted by molar-refractivity contribution is 6.39. The molecule has 0 saturated heterocycles. The van der Waals surface area contributed by atoms with Gasteiger partial charge in [-0.15, -0.1) is 0 Å². The van der Waals surface area contributed by atoms with Crippen LogP contribution in [-0.2, 0) is 9.59 Å². The van der Waals surface area contributed by atoms with Crippen molar-refractivity contribution in [3.05, 3.63) is 48.0 Å². The molecule has 26 heavy (non-hydrogen) atoms. The summed E-state index contributed by atoms with van der Waals surface area (Å²) in [5, 5.41) is 6.23. The number of hydrogen-bond donors (Lipinski definition) is 2. The molecule has 0 fully saturated rings. The average Bonchev–Trinajstić information content (AvgIpc) is 2.68. The van der Waals surface area contributed by atoms with E-state index in [1.807, 2.05) is 0 Å². The molecule has 2 N–H and O–H groups in total. The predicted octanol–water partition coefficient (Wildman–Crippen LogP) is 1.80. The summed E-state index contributed by atoms with van der Waals surface area (Å²) in [5.41, 5.74) is 3.12. The second-order valence-electron chi connectivity index (χ2n) is 4.96. The van der Waals surface area contributed by atoms with Crippen LogP contribution in [0.1, 0.15) is 5.56 Å². The van der Waals surface area contributed by atoms with Crippen LogP contribution in [0.3, 0.4) is 0 Å². The number of hydrogen-bond acceptors (Lipinski definition) is 6. The van der Waals surface area contributed by atoms with E-state index in [9.17, 15) is 9.59 Å². The highest BCUT2D eigenvalue weighted by atomic mass is 16.5.